The average molecular weight is 275 g/mol. The quantitative estimate of drug-likeness (QED) is 0.733. The van der Waals surface area contributed by atoms with Gasteiger partial charge in [-0.15, -0.1) is 0 Å². The molecule has 1 aromatic rings. The standard InChI is InChI=1S/C15H17NO4/c17-11-8-12(18)10-15(9-11)3-5-16(6-4-15)14(19)13-2-1-7-20-13/h1-2,7H,3-6,8-10H2. The van der Waals surface area contributed by atoms with Crippen molar-refractivity contribution in [3.05, 3.63) is 24.2 Å². The molecule has 1 aliphatic heterocycles. The van der Waals surface area contributed by atoms with E-state index in [0.717, 1.165) is 12.8 Å². The van der Waals surface area contributed by atoms with Crippen LogP contribution in [0.25, 0.3) is 0 Å². The number of Topliss-reactive ketones (excluding diaryl/α,β-unsaturated/α-hetero) is 2. The molecule has 5 nitrogen and oxygen atoms in total. The Labute approximate surface area is 116 Å². The summed E-state index contributed by atoms with van der Waals surface area (Å²) in [4.78, 5) is 37.2. The van der Waals surface area contributed by atoms with Crippen molar-refractivity contribution in [3.8, 4) is 0 Å². The van der Waals surface area contributed by atoms with Gasteiger partial charge in [-0.25, -0.2) is 0 Å². The maximum atomic E-state index is 12.2. The molecule has 20 heavy (non-hydrogen) atoms. The van der Waals surface area contributed by atoms with Crippen LogP contribution < -0.4 is 0 Å². The molecule has 5 heteroatoms. The highest BCUT2D eigenvalue weighted by molar-refractivity contribution is 6.02. The number of furan rings is 1. The van der Waals surface area contributed by atoms with Crippen molar-refractivity contribution in [3.63, 3.8) is 0 Å². The molecule has 106 valence electrons. The van der Waals surface area contributed by atoms with Crippen LogP contribution in [-0.4, -0.2) is 35.5 Å². The van der Waals surface area contributed by atoms with Gasteiger partial charge in [0.25, 0.3) is 5.91 Å². The highest BCUT2D eigenvalue weighted by Crippen LogP contribution is 2.42. The predicted octanol–water partition coefficient (Wildman–Crippen LogP) is 1.82. The van der Waals surface area contributed by atoms with Crippen molar-refractivity contribution >= 4 is 17.5 Å². The van der Waals surface area contributed by atoms with Crippen molar-refractivity contribution in [2.45, 2.75) is 32.1 Å². The van der Waals surface area contributed by atoms with E-state index in [4.69, 9.17) is 4.42 Å². The Morgan fingerprint density at radius 1 is 1.15 bits per heavy atom. The summed E-state index contributed by atoms with van der Waals surface area (Å²) in [6.07, 6.45) is 3.99. The Kier molecular flexibility index (Phi) is 3.20. The summed E-state index contributed by atoms with van der Waals surface area (Å²) in [5, 5.41) is 0. The fraction of sp³-hybridized carbons (Fsp3) is 0.533. The van der Waals surface area contributed by atoms with Gasteiger partial charge in [0.1, 0.15) is 11.6 Å². The third-order valence-corrected chi connectivity index (χ3v) is 4.38. The number of hydrogen-bond acceptors (Lipinski definition) is 4. The molecule has 0 bridgehead atoms. The number of carbonyl (C=O) groups excluding carboxylic acids is 3. The van der Waals surface area contributed by atoms with E-state index in [2.05, 4.69) is 0 Å². The highest BCUT2D eigenvalue weighted by atomic mass is 16.3. The molecule has 0 N–H and O–H groups in total. The van der Waals surface area contributed by atoms with Gasteiger partial charge in [0.15, 0.2) is 5.76 Å². The van der Waals surface area contributed by atoms with Crippen LogP contribution in [-0.2, 0) is 9.59 Å². The van der Waals surface area contributed by atoms with Gasteiger partial charge < -0.3 is 9.32 Å². The highest BCUT2D eigenvalue weighted by Gasteiger charge is 2.42. The third kappa shape index (κ3) is 2.40. The second-order valence-corrected chi connectivity index (χ2v) is 5.88. The molecule has 1 amide bonds. The maximum absolute atomic E-state index is 12.2. The monoisotopic (exact) mass is 275 g/mol. The van der Waals surface area contributed by atoms with Gasteiger partial charge >= 0.3 is 0 Å². The summed E-state index contributed by atoms with van der Waals surface area (Å²) in [5.74, 6) is 0.328. The Balaban J connectivity index is 1.66. The molecule has 1 aliphatic carbocycles. The van der Waals surface area contributed by atoms with Gasteiger partial charge in [-0.3, -0.25) is 14.4 Å². The number of piperidine rings is 1. The fourth-order valence-corrected chi connectivity index (χ4v) is 3.34. The molecule has 1 aromatic heterocycles. The first-order valence-electron chi connectivity index (χ1n) is 6.94. The van der Waals surface area contributed by atoms with Crippen LogP contribution in [0.5, 0.6) is 0 Å². The normalized spacial score (nSPS) is 22.3. The van der Waals surface area contributed by atoms with Crippen molar-refractivity contribution in [2.24, 2.45) is 5.41 Å². The van der Waals surface area contributed by atoms with Gasteiger partial charge in [-0.1, -0.05) is 0 Å². The van der Waals surface area contributed by atoms with Gasteiger partial charge in [-0.05, 0) is 30.4 Å². The SMILES string of the molecule is O=C1CC(=O)CC2(CCN(C(=O)c3ccco3)CC2)C1. The molecule has 0 aromatic carbocycles. The summed E-state index contributed by atoms with van der Waals surface area (Å²) in [7, 11) is 0. The van der Waals surface area contributed by atoms with Crippen LogP contribution in [0.15, 0.2) is 22.8 Å². The van der Waals surface area contributed by atoms with Crippen LogP contribution in [0, 0.1) is 5.41 Å². The van der Waals surface area contributed by atoms with Crippen molar-refractivity contribution in [1.82, 2.24) is 4.90 Å². The minimum absolute atomic E-state index is 0.0482. The molecule has 1 spiro atoms. The van der Waals surface area contributed by atoms with Gasteiger partial charge in [-0.2, -0.15) is 0 Å². The Morgan fingerprint density at radius 2 is 1.80 bits per heavy atom. The number of rotatable bonds is 1. The molecular weight excluding hydrogens is 258 g/mol. The first-order valence-corrected chi connectivity index (χ1v) is 6.94. The molecule has 2 fully saturated rings. The zero-order valence-electron chi connectivity index (χ0n) is 11.3. The van der Waals surface area contributed by atoms with E-state index in [1.54, 1.807) is 17.0 Å². The molecular formula is C15H17NO4. The van der Waals surface area contributed by atoms with Crippen LogP contribution in [0.2, 0.25) is 0 Å². The summed E-state index contributed by atoms with van der Waals surface area (Å²) < 4.78 is 5.12. The number of carbonyl (C=O) groups is 3. The maximum Gasteiger partial charge on any atom is 0.289 e. The summed E-state index contributed by atoms with van der Waals surface area (Å²) in [5.41, 5.74) is -0.202. The van der Waals surface area contributed by atoms with Crippen LogP contribution in [0.3, 0.4) is 0 Å². The summed E-state index contributed by atoms with van der Waals surface area (Å²) >= 11 is 0. The summed E-state index contributed by atoms with van der Waals surface area (Å²) in [6.45, 7) is 1.17. The minimum atomic E-state index is -0.202. The van der Waals surface area contributed by atoms with E-state index in [1.807, 2.05) is 0 Å². The first-order chi connectivity index (χ1) is 9.58. The molecule has 1 saturated heterocycles. The third-order valence-electron chi connectivity index (χ3n) is 4.38. The molecule has 0 atom stereocenters. The largest absolute Gasteiger partial charge is 0.459 e. The molecule has 0 radical (unpaired) electrons. The topological polar surface area (TPSA) is 67.6 Å². The average Bonchev–Trinajstić information content (AvgIpc) is 2.91. The fourth-order valence-electron chi connectivity index (χ4n) is 3.34. The van der Waals surface area contributed by atoms with E-state index >= 15 is 0 Å². The lowest BCUT2D eigenvalue weighted by Gasteiger charge is -2.42. The number of hydrogen-bond donors (Lipinski definition) is 0. The zero-order valence-corrected chi connectivity index (χ0v) is 11.3. The smallest absolute Gasteiger partial charge is 0.289 e. The molecule has 3 rings (SSSR count). The minimum Gasteiger partial charge on any atom is -0.459 e. The molecule has 1 saturated carbocycles. The van der Waals surface area contributed by atoms with Crippen LogP contribution >= 0.6 is 0 Å². The second kappa shape index (κ2) is 4.89. The van der Waals surface area contributed by atoms with Crippen molar-refractivity contribution in [2.75, 3.05) is 13.1 Å². The lowest BCUT2D eigenvalue weighted by atomic mass is 9.67. The van der Waals surface area contributed by atoms with Gasteiger partial charge in [0.2, 0.25) is 0 Å². The van der Waals surface area contributed by atoms with Crippen molar-refractivity contribution in [1.29, 1.82) is 0 Å². The molecule has 2 aliphatic rings. The van der Waals surface area contributed by atoms with Gasteiger partial charge in [0, 0.05) is 25.9 Å². The van der Waals surface area contributed by atoms with Gasteiger partial charge in [0.05, 0.1) is 12.7 Å². The Hall–Kier alpha value is -1.91. The number of amides is 1. The van der Waals surface area contributed by atoms with E-state index < -0.39 is 0 Å². The van der Waals surface area contributed by atoms with E-state index in [0.29, 0.717) is 31.7 Å². The molecule has 2 heterocycles. The number of ketones is 2. The predicted molar refractivity (Wildman–Crippen MR) is 70.1 cm³/mol. The lowest BCUT2D eigenvalue weighted by molar-refractivity contribution is -0.135. The Bertz CT molecular complexity index is 520. The zero-order chi connectivity index (χ0) is 14.2. The van der Waals surface area contributed by atoms with Crippen molar-refractivity contribution < 1.29 is 18.8 Å². The van der Waals surface area contributed by atoms with E-state index in [1.165, 1.54) is 6.26 Å². The van der Waals surface area contributed by atoms with Crippen LogP contribution in [0.4, 0.5) is 0 Å². The Morgan fingerprint density at radius 3 is 2.35 bits per heavy atom. The van der Waals surface area contributed by atoms with E-state index in [9.17, 15) is 14.4 Å². The van der Waals surface area contributed by atoms with E-state index in [-0.39, 0.29) is 29.3 Å². The second-order valence-electron chi connectivity index (χ2n) is 5.88. The summed E-state index contributed by atoms with van der Waals surface area (Å²) in [6, 6.07) is 3.34. The van der Waals surface area contributed by atoms with Crippen LogP contribution in [0.1, 0.15) is 42.7 Å². The lowest BCUT2D eigenvalue weighted by Crippen LogP contribution is -2.46. The number of likely N-dealkylation sites (tertiary alicyclic amines) is 1. The molecule has 0 unspecified atom stereocenters. The first kappa shape index (κ1) is 13.1. The number of nitrogens with zero attached hydrogens (tertiary/aromatic N) is 1.